The topological polar surface area (TPSA) is 116 Å². The summed E-state index contributed by atoms with van der Waals surface area (Å²) in [6.07, 6.45) is 7.23. The number of nitrogens with zero attached hydrogens (tertiary/aromatic N) is 4. The fourth-order valence-electron chi connectivity index (χ4n) is 4.93. The number of aromatic nitrogens is 2. The van der Waals surface area contributed by atoms with Crippen molar-refractivity contribution in [3.63, 3.8) is 0 Å². The van der Waals surface area contributed by atoms with Gasteiger partial charge in [0.15, 0.2) is 0 Å². The first-order chi connectivity index (χ1) is 14.1. The zero-order valence-electron chi connectivity index (χ0n) is 17.8. The monoisotopic (exact) mass is 437 g/mol. The van der Waals surface area contributed by atoms with E-state index in [9.17, 15) is 18.3 Å². The van der Waals surface area contributed by atoms with Crippen LogP contribution in [0.2, 0.25) is 0 Å². The molecule has 4 rings (SSSR count). The molecule has 10 heteroatoms. The summed E-state index contributed by atoms with van der Waals surface area (Å²) < 4.78 is 24.9. The van der Waals surface area contributed by atoms with Crippen LogP contribution in [0.1, 0.15) is 51.5 Å². The van der Waals surface area contributed by atoms with Gasteiger partial charge in [-0.2, -0.15) is 4.98 Å². The summed E-state index contributed by atoms with van der Waals surface area (Å²) in [6, 6.07) is -0.213. The van der Waals surface area contributed by atoms with E-state index < -0.39 is 15.6 Å². The smallest absolute Gasteiger partial charge is 0.231 e. The van der Waals surface area contributed by atoms with Gasteiger partial charge in [-0.25, -0.2) is 17.7 Å². The first kappa shape index (κ1) is 21.5. The Morgan fingerprint density at radius 1 is 1.27 bits per heavy atom. The SMILES string of the molecule is CC1Cc2cnc(NC3CCN(S(C)(=O)=O)CC3)nc2N(C2CCCC2(C)O)C1=O. The summed E-state index contributed by atoms with van der Waals surface area (Å²) >= 11 is 0. The Balaban J connectivity index is 1.55. The van der Waals surface area contributed by atoms with Gasteiger partial charge in [-0.05, 0) is 45.4 Å². The van der Waals surface area contributed by atoms with Crippen LogP contribution in [0.3, 0.4) is 0 Å². The van der Waals surface area contributed by atoms with Crippen molar-refractivity contribution in [3.05, 3.63) is 11.8 Å². The van der Waals surface area contributed by atoms with Gasteiger partial charge in [0.25, 0.3) is 0 Å². The number of carbonyl (C=O) groups is 1. The lowest BCUT2D eigenvalue weighted by Gasteiger charge is -2.40. The number of sulfonamides is 1. The average Bonchev–Trinajstić information content (AvgIpc) is 3.02. The molecule has 1 aromatic rings. The lowest BCUT2D eigenvalue weighted by molar-refractivity contribution is -0.124. The normalized spacial score (nSPS) is 31.1. The number of hydrogen-bond donors (Lipinski definition) is 2. The molecular weight excluding hydrogens is 406 g/mol. The molecule has 2 fully saturated rings. The van der Waals surface area contributed by atoms with E-state index >= 15 is 0 Å². The Hall–Kier alpha value is -1.78. The molecule has 0 spiro atoms. The maximum atomic E-state index is 13.1. The third-order valence-corrected chi connectivity index (χ3v) is 8.00. The van der Waals surface area contributed by atoms with Crippen LogP contribution in [-0.4, -0.2) is 70.7 Å². The van der Waals surface area contributed by atoms with E-state index in [1.165, 1.54) is 10.6 Å². The summed E-state index contributed by atoms with van der Waals surface area (Å²) in [5.74, 6) is 0.866. The second kappa shape index (κ2) is 7.72. The molecule has 2 aliphatic heterocycles. The van der Waals surface area contributed by atoms with Crippen molar-refractivity contribution in [1.82, 2.24) is 14.3 Å². The zero-order chi connectivity index (χ0) is 21.7. The average molecular weight is 438 g/mol. The molecule has 0 aromatic carbocycles. The molecular formula is C20H31N5O4S. The minimum Gasteiger partial charge on any atom is -0.388 e. The summed E-state index contributed by atoms with van der Waals surface area (Å²) in [4.78, 5) is 23.9. The Kier molecular flexibility index (Phi) is 5.52. The minimum absolute atomic E-state index is 0.000727. The van der Waals surface area contributed by atoms with Crippen molar-refractivity contribution >= 4 is 27.7 Å². The number of piperidine rings is 1. The standard InChI is InChI=1S/C20H31N5O4S/c1-13-11-14-12-21-19(22-15-6-9-24(10-7-15)30(3,28)29)23-17(14)25(18(13)26)16-5-4-8-20(16,2)27/h12-13,15-16,27H,4-11H2,1-3H3,(H,21,22,23). The fraction of sp³-hybridized carbons (Fsp3) is 0.750. The number of anilines is 2. The Labute approximate surface area is 177 Å². The quantitative estimate of drug-likeness (QED) is 0.726. The molecule has 1 amide bonds. The molecule has 0 bridgehead atoms. The van der Waals surface area contributed by atoms with Gasteiger partial charge in [-0.15, -0.1) is 0 Å². The largest absolute Gasteiger partial charge is 0.388 e. The summed E-state index contributed by atoms with van der Waals surface area (Å²) in [7, 11) is -3.17. The van der Waals surface area contributed by atoms with Crippen LogP contribution in [0.25, 0.3) is 0 Å². The highest BCUT2D eigenvalue weighted by Crippen LogP contribution is 2.40. The van der Waals surface area contributed by atoms with Gasteiger partial charge in [-0.1, -0.05) is 6.92 Å². The maximum absolute atomic E-state index is 13.1. The van der Waals surface area contributed by atoms with Gasteiger partial charge in [0.2, 0.25) is 21.9 Å². The Morgan fingerprint density at radius 2 is 1.97 bits per heavy atom. The van der Waals surface area contributed by atoms with Gasteiger partial charge >= 0.3 is 0 Å². The van der Waals surface area contributed by atoms with Crippen LogP contribution in [0, 0.1) is 5.92 Å². The third-order valence-electron chi connectivity index (χ3n) is 6.70. The van der Waals surface area contributed by atoms with Gasteiger partial charge in [-0.3, -0.25) is 9.69 Å². The van der Waals surface area contributed by atoms with E-state index in [2.05, 4.69) is 10.3 Å². The number of hydrogen-bond acceptors (Lipinski definition) is 7. The van der Waals surface area contributed by atoms with Crippen molar-refractivity contribution < 1.29 is 18.3 Å². The minimum atomic E-state index is -3.17. The summed E-state index contributed by atoms with van der Waals surface area (Å²) in [5, 5.41) is 14.2. The van der Waals surface area contributed by atoms with Crippen LogP contribution in [0.15, 0.2) is 6.20 Å². The molecule has 2 N–H and O–H groups in total. The molecule has 3 heterocycles. The van der Waals surface area contributed by atoms with E-state index in [1.54, 1.807) is 18.0 Å². The molecule has 1 saturated carbocycles. The third kappa shape index (κ3) is 4.04. The zero-order valence-corrected chi connectivity index (χ0v) is 18.7. The lowest BCUT2D eigenvalue weighted by Crippen LogP contribution is -2.54. The first-order valence-electron chi connectivity index (χ1n) is 10.7. The number of amides is 1. The van der Waals surface area contributed by atoms with Crippen LogP contribution in [0.4, 0.5) is 11.8 Å². The molecule has 30 heavy (non-hydrogen) atoms. The van der Waals surface area contributed by atoms with Gasteiger partial charge < -0.3 is 10.4 Å². The van der Waals surface area contributed by atoms with Crippen LogP contribution >= 0.6 is 0 Å². The molecule has 166 valence electrons. The number of carbonyl (C=O) groups excluding carboxylic acids is 1. The van der Waals surface area contributed by atoms with E-state index in [1.807, 2.05) is 6.92 Å². The van der Waals surface area contributed by atoms with E-state index in [0.29, 0.717) is 50.5 Å². The van der Waals surface area contributed by atoms with Crippen molar-refractivity contribution in [3.8, 4) is 0 Å². The van der Waals surface area contributed by atoms with Crippen LogP contribution < -0.4 is 10.2 Å². The van der Waals surface area contributed by atoms with Gasteiger partial charge in [0.1, 0.15) is 5.82 Å². The second-order valence-electron chi connectivity index (χ2n) is 9.20. The van der Waals surface area contributed by atoms with Crippen molar-refractivity contribution in [2.24, 2.45) is 5.92 Å². The lowest BCUT2D eigenvalue weighted by atomic mass is 9.91. The highest BCUT2D eigenvalue weighted by Gasteiger charge is 2.46. The molecule has 3 atom stereocenters. The maximum Gasteiger partial charge on any atom is 0.231 e. The van der Waals surface area contributed by atoms with Crippen molar-refractivity contribution in [2.75, 3.05) is 29.6 Å². The second-order valence-corrected chi connectivity index (χ2v) is 11.2. The Bertz CT molecular complexity index is 927. The van der Waals surface area contributed by atoms with E-state index in [4.69, 9.17) is 4.98 Å². The van der Waals surface area contributed by atoms with E-state index in [-0.39, 0.29) is 23.9 Å². The predicted molar refractivity (Wildman–Crippen MR) is 114 cm³/mol. The van der Waals surface area contributed by atoms with E-state index in [0.717, 1.165) is 18.4 Å². The molecule has 3 aliphatic rings. The van der Waals surface area contributed by atoms with Gasteiger partial charge in [0, 0.05) is 36.8 Å². The Morgan fingerprint density at radius 3 is 2.57 bits per heavy atom. The summed E-state index contributed by atoms with van der Waals surface area (Å²) in [5.41, 5.74) is -0.0108. The predicted octanol–water partition coefficient (Wildman–Crippen LogP) is 1.14. The highest BCUT2D eigenvalue weighted by molar-refractivity contribution is 7.88. The molecule has 1 saturated heterocycles. The van der Waals surface area contributed by atoms with Gasteiger partial charge in [0.05, 0.1) is 17.9 Å². The number of fused-ring (bicyclic) bond motifs is 1. The highest BCUT2D eigenvalue weighted by atomic mass is 32.2. The first-order valence-corrected chi connectivity index (χ1v) is 12.5. The van der Waals surface area contributed by atoms with Crippen molar-refractivity contribution in [2.45, 2.75) is 70.1 Å². The number of nitrogens with one attached hydrogen (secondary N) is 1. The molecule has 3 unspecified atom stereocenters. The van der Waals surface area contributed by atoms with Crippen LogP contribution in [-0.2, 0) is 21.2 Å². The molecule has 9 nitrogen and oxygen atoms in total. The molecule has 1 aromatic heterocycles. The molecule has 0 radical (unpaired) electrons. The number of aliphatic hydroxyl groups is 1. The van der Waals surface area contributed by atoms with Crippen molar-refractivity contribution in [1.29, 1.82) is 0 Å². The summed E-state index contributed by atoms with van der Waals surface area (Å²) in [6.45, 7) is 4.64. The molecule has 1 aliphatic carbocycles. The fourth-order valence-corrected chi connectivity index (χ4v) is 5.81. The van der Waals surface area contributed by atoms with Crippen LogP contribution in [0.5, 0.6) is 0 Å². The number of rotatable bonds is 4.